The molecule has 4 heteroatoms. The van der Waals surface area contributed by atoms with Gasteiger partial charge in [-0.05, 0) is 34.4 Å². The first-order valence-corrected chi connectivity index (χ1v) is 5.54. The first-order chi connectivity index (χ1) is 6.99. The van der Waals surface area contributed by atoms with Crippen molar-refractivity contribution in [1.82, 2.24) is 4.90 Å². The molecule has 1 unspecified atom stereocenters. The van der Waals surface area contributed by atoms with Crippen molar-refractivity contribution in [3.63, 3.8) is 0 Å². The number of hydrogen-bond donors (Lipinski definition) is 0. The Hall–Kier alpha value is -0.160. The molecule has 0 aliphatic carbocycles. The summed E-state index contributed by atoms with van der Waals surface area (Å²) in [5.74, 6) is -0.408. The van der Waals surface area contributed by atoms with Crippen LogP contribution in [0.15, 0.2) is 0 Å². The van der Waals surface area contributed by atoms with Gasteiger partial charge in [0.25, 0.3) is 0 Å². The van der Waals surface area contributed by atoms with Gasteiger partial charge >= 0.3 is 0 Å². The van der Waals surface area contributed by atoms with Crippen molar-refractivity contribution < 1.29 is 14.2 Å². The van der Waals surface area contributed by atoms with Gasteiger partial charge in [-0.25, -0.2) is 0 Å². The second-order valence-corrected chi connectivity index (χ2v) is 4.66. The Bertz CT molecular complexity index is 183. The van der Waals surface area contributed by atoms with Crippen molar-refractivity contribution in [2.75, 3.05) is 40.5 Å². The fourth-order valence-electron chi connectivity index (χ4n) is 1.47. The van der Waals surface area contributed by atoms with Gasteiger partial charge in [0.05, 0.1) is 19.3 Å². The van der Waals surface area contributed by atoms with E-state index in [1.165, 1.54) is 0 Å². The molecule has 0 N–H and O–H groups in total. The van der Waals surface area contributed by atoms with Gasteiger partial charge in [0.1, 0.15) is 0 Å². The summed E-state index contributed by atoms with van der Waals surface area (Å²) in [7, 11) is 4.08. The smallest absolute Gasteiger partial charge is 0.163 e. The maximum Gasteiger partial charge on any atom is 0.163 e. The second kappa shape index (κ2) is 5.80. The van der Waals surface area contributed by atoms with Gasteiger partial charge in [-0.3, -0.25) is 0 Å². The van der Waals surface area contributed by atoms with Crippen LogP contribution in [0.2, 0.25) is 0 Å². The predicted octanol–water partition coefficient (Wildman–Crippen LogP) is 1.11. The summed E-state index contributed by atoms with van der Waals surface area (Å²) in [5.41, 5.74) is 0. The van der Waals surface area contributed by atoms with Gasteiger partial charge in [0.15, 0.2) is 5.79 Å². The molecule has 0 aromatic rings. The third-order valence-electron chi connectivity index (χ3n) is 2.33. The average Bonchev–Trinajstić information content (AvgIpc) is 2.44. The Balaban J connectivity index is 1.97. The summed E-state index contributed by atoms with van der Waals surface area (Å²) in [6.45, 7) is 7.07. The Kier molecular flexibility index (Phi) is 4.99. The summed E-state index contributed by atoms with van der Waals surface area (Å²) in [4.78, 5) is 2.11. The lowest BCUT2D eigenvalue weighted by atomic mass is 10.3. The van der Waals surface area contributed by atoms with Gasteiger partial charge in [-0.15, -0.1) is 0 Å². The molecular formula is C11H23NO3. The molecule has 1 saturated heterocycles. The van der Waals surface area contributed by atoms with Crippen molar-refractivity contribution in [1.29, 1.82) is 0 Å². The molecule has 4 nitrogen and oxygen atoms in total. The Labute approximate surface area is 92.5 Å². The molecule has 1 aliphatic rings. The summed E-state index contributed by atoms with van der Waals surface area (Å²) in [5, 5.41) is 0. The first kappa shape index (κ1) is 12.9. The average molecular weight is 217 g/mol. The van der Waals surface area contributed by atoms with E-state index >= 15 is 0 Å². The minimum absolute atomic E-state index is 0.194. The van der Waals surface area contributed by atoms with E-state index in [1.807, 2.05) is 27.9 Å². The maximum absolute atomic E-state index is 5.66. The number of nitrogens with zero attached hydrogens (tertiary/aromatic N) is 1. The van der Waals surface area contributed by atoms with Crippen molar-refractivity contribution in [3.8, 4) is 0 Å². The fraction of sp³-hybridized carbons (Fsp3) is 1.00. The maximum atomic E-state index is 5.66. The van der Waals surface area contributed by atoms with Crippen molar-refractivity contribution in [3.05, 3.63) is 0 Å². The molecule has 0 spiro atoms. The summed E-state index contributed by atoms with van der Waals surface area (Å²) in [6.07, 6.45) is 1.11. The van der Waals surface area contributed by atoms with E-state index in [9.17, 15) is 0 Å². The van der Waals surface area contributed by atoms with Gasteiger partial charge in [0, 0.05) is 13.2 Å². The molecule has 1 fully saturated rings. The summed E-state index contributed by atoms with van der Waals surface area (Å²) < 4.78 is 16.6. The van der Waals surface area contributed by atoms with Crippen molar-refractivity contribution in [2.45, 2.75) is 32.2 Å². The minimum atomic E-state index is -0.408. The van der Waals surface area contributed by atoms with Crippen molar-refractivity contribution in [2.24, 2.45) is 0 Å². The van der Waals surface area contributed by atoms with E-state index in [-0.39, 0.29) is 6.10 Å². The Morgan fingerprint density at radius 1 is 1.33 bits per heavy atom. The van der Waals surface area contributed by atoms with E-state index in [0.717, 1.165) is 26.2 Å². The normalized spacial score (nSPS) is 25.0. The van der Waals surface area contributed by atoms with E-state index in [4.69, 9.17) is 14.2 Å². The number of hydrogen-bond acceptors (Lipinski definition) is 4. The highest BCUT2D eigenvalue weighted by molar-refractivity contribution is 4.70. The molecule has 1 atom stereocenters. The van der Waals surface area contributed by atoms with E-state index in [1.54, 1.807) is 0 Å². The van der Waals surface area contributed by atoms with Crippen molar-refractivity contribution >= 4 is 0 Å². The number of ether oxygens (including phenoxy) is 3. The van der Waals surface area contributed by atoms with Crippen LogP contribution in [0.4, 0.5) is 0 Å². The standard InChI is InChI=1S/C11H23NO3/c1-11(2)14-9-10(15-11)5-7-13-8-6-12(3)4/h10H,5-9H2,1-4H3. The molecule has 15 heavy (non-hydrogen) atoms. The SMILES string of the molecule is CN(C)CCOCCC1COC(C)(C)O1. The topological polar surface area (TPSA) is 30.9 Å². The van der Waals surface area contributed by atoms with Crippen LogP contribution in [-0.2, 0) is 14.2 Å². The lowest BCUT2D eigenvalue weighted by molar-refractivity contribution is -0.140. The zero-order chi connectivity index (χ0) is 11.3. The second-order valence-electron chi connectivity index (χ2n) is 4.66. The van der Waals surface area contributed by atoms with Crippen LogP contribution >= 0.6 is 0 Å². The lowest BCUT2D eigenvalue weighted by Crippen LogP contribution is -2.23. The fourth-order valence-corrected chi connectivity index (χ4v) is 1.47. The van der Waals surface area contributed by atoms with Crippen LogP contribution < -0.4 is 0 Å². The van der Waals surface area contributed by atoms with E-state index in [2.05, 4.69) is 4.90 Å². The van der Waals surface area contributed by atoms with Crippen LogP contribution in [-0.4, -0.2) is 57.3 Å². The van der Waals surface area contributed by atoms with Gasteiger partial charge < -0.3 is 19.1 Å². The van der Waals surface area contributed by atoms with Crippen LogP contribution in [0.1, 0.15) is 20.3 Å². The molecule has 0 amide bonds. The van der Waals surface area contributed by atoms with Gasteiger partial charge in [0.2, 0.25) is 0 Å². The third-order valence-corrected chi connectivity index (χ3v) is 2.33. The van der Waals surface area contributed by atoms with Gasteiger partial charge in [-0.1, -0.05) is 0 Å². The lowest BCUT2D eigenvalue weighted by Gasteiger charge is -2.17. The highest BCUT2D eigenvalue weighted by Crippen LogP contribution is 2.23. The molecule has 1 rings (SSSR count). The molecule has 0 radical (unpaired) electrons. The highest BCUT2D eigenvalue weighted by atomic mass is 16.7. The molecule has 1 aliphatic heterocycles. The van der Waals surface area contributed by atoms with Crippen LogP contribution in [0.3, 0.4) is 0 Å². The molecule has 0 aromatic carbocycles. The molecule has 0 bridgehead atoms. The van der Waals surface area contributed by atoms with E-state index < -0.39 is 5.79 Å². The van der Waals surface area contributed by atoms with Crippen LogP contribution in [0.5, 0.6) is 0 Å². The zero-order valence-corrected chi connectivity index (χ0v) is 10.3. The molecule has 0 aromatic heterocycles. The largest absolute Gasteiger partial charge is 0.380 e. The summed E-state index contributed by atoms with van der Waals surface area (Å²) >= 11 is 0. The first-order valence-electron chi connectivity index (χ1n) is 5.54. The quantitative estimate of drug-likeness (QED) is 0.624. The Morgan fingerprint density at radius 3 is 2.60 bits per heavy atom. The highest BCUT2D eigenvalue weighted by Gasteiger charge is 2.32. The molecular weight excluding hydrogens is 194 g/mol. The summed E-state index contributed by atoms with van der Waals surface area (Å²) in [6, 6.07) is 0. The van der Waals surface area contributed by atoms with Crippen LogP contribution in [0, 0.1) is 0 Å². The number of rotatable bonds is 6. The molecule has 1 heterocycles. The van der Waals surface area contributed by atoms with Gasteiger partial charge in [-0.2, -0.15) is 0 Å². The Morgan fingerprint density at radius 2 is 2.07 bits per heavy atom. The van der Waals surface area contributed by atoms with E-state index in [0.29, 0.717) is 6.61 Å². The zero-order valence-electron chi connectivity index (χ0n) is 10.3. The number of likely N-dealkylation sites (N-methyl/N-ethyl adjacent to an activating group) is 1. The molecule has 0 saturated carbocycles. The minimum Gasteiger partial charge on any atom is -0.380 e. The van der Waals surface area contributed by atoms with Crippen LogP contribution in [0.25, 0.3) is 0 Å². The monoisotopic (exact) mass is 217 g/mol. The predicted molar refractivity (Wildman–Crippen MR) is 58.9 cm³/mol. The molecule has 90 valence electrons. The third kappa shape index (κ3) is 5.47.